The first-order valence-corrected chi connectivity index (χ1v) is 10.4. The topological polar surface area (TPSA) is 41.5 Å². The van der Waals surface area contributed by atoms with Crippen molar-refractivity contribution >= 4 is 5.82 Å². The molecule has 0 saturated carbocycles. The average Bonchev–Trinajstić information content (AvgIpc) is 2.53. The molecule has 0 amide bonds. The maximum Gasteiger partial charge on any atom is 0.147 e. The molecule has 5 heteroatoms. The SMILES string of the molecule is CC(CC(C)OC(C)(C)C)CN1CCN(c2cnc(C(C)(C)C)cn2)CC1. The van der Waals surface area contributed by atoms with Gasteiger partial charge in [0.25, 0.3) is 0 Å². The van der Waals surface area contributed by atoms with Gasteiger partial charge in [0.05, 0.1) is 29.8 Å². The standard InChI is InChI=1S/C22H40N4O/c1-17(13-18(2)27-22(6,7)8)16-25-9-11-26(12-10-25)20-15-23-19(14-24-20)21(3,4)5/h14-15,17-18H,9-13,16H2,1-8H3. The van der Waals surface area contributed by atoms with Crippen molar-refractivity contribution in [1.29, 1.82) is 0 Å². The third-order valence-corrected chi connectivity index (χ3v) is 4.96. The second kappa shape index (κ2) is 8.87. The fraction of sp³-hybridized carbons (Fsp3) is 0.818. The summed E-state index contributed by atoms with van der Waals surface area (Å²) in [5.41, 5.74) is 1.04. The maximum atomic E-state index is 6.06. The summed E-state index contributed by atoms with van der Waals surface area (Å²) < 4.78 is 6.06. The fourth-order valence-electron chi connectivity index (χ4n) is 3.76. The molecule has 0 aliphatic carbocycles. The highest BCUT2D eigenvalue weighted by Gasteiger charge is 2.23. The van der Waals surface area contributed by atoms with Crippen LogP contribution in [0.4, 0.5) is 5.82 Å². The molecule has 154 valence electrons. The molecule has 0 bridgehead atoms. The zero-order valence-electron chi connectivity index (χ0n) is 18.7. The zero-order valence-corrected chi connectivity index (χ0v) is 18.7. The highest BCUT2D eigenvalue weighted by molar-refractivity contribution is 5.37. The number of rotatable bonds is 6. The summed E-state index contributed by atoms with van der Waals surface area (Å²) in [6, 6.07) is 0. The van der Waals surface area contributed by atoms with Crippen LogP contribution in [0, 0.1) is 5.92 Å². The molecule has 1 fully saturated rings. The van der Waals surface area contributed by atoms with E-state index in [0.29, 0.717) is 12.0 Å². The van der Waals surface area contributed by atoms with Gasteiger partial charge in [-0.2, -0.15) is 0 Å². The first-order chi connectivity index (χ1) is 12.4. The highest BCUT2D eigenvalue weighted by Crippen LogP contribution is 2.22. The monoisotopic (exact) mass is 376 g/mol. The predicted octanol–water partition coefficient (Wildman–Crippen LogP) is 4.13. The average molecular weight is 377 g/mol. The summed E-state index contributed by atoms with van der Waals surface area (Å²) in [6.45, 7) is 22.8. The molecule has 1 aromatic rings. The summed E-state index contributed by atoms with van der Waals surface area (Å²) in [6.07, 6.45) is 5.28. The van der Waals surface area contributed by atoms with Crippen molar-refractivity contribution < 1.29 is 4.74 Å². The van der Waals surface area contributed by atoms with Crippen molar-refractivity contribution in [2.45, 2.75) is 78.9 Å². The summed E-state index contributed by atoms with van der Waals surface area (Å²) in [7, 11) is 0. The number of ether oxygens (including phenoxy) is 1. The van der Waals surface area contributed by atoms with Gasteiger partial charge in [-0.3, -0.25) is 9.88 Å². The molecule has 2 unspecified atom stereocenters. The quantitative estimate of drug-likeness (QED) is 0.747. The van der Waals surface area contributed by atoms with Gasteiger partial charge in [-0.1, -0.05) is 27.7 Å². The van der Waals surface area contributed by atoms with Crippen LogP contribution in [0.1, 0.15) is 67.5 Å². The molecular weight excluding hydrogens is 336 g/mol. The van der Waals surface area contributed by atoms with E-state index in [1.54, 1.807) is 0 Å². The van der Waals surface area contributed by atoms with Crippen LogP contribution in [-0.2, 0) is 10.2 Å². The molecule has 2 atom stereocenters. The largest absolute Gasteiger partial charge is 0.373 e. The van der Waals surface area contributed by atoms with Gasteiger partial charge in [-0.15, -0.1) is 0 Å². The number of hydrogen-bond acceptors (Lipinski definition) is 5. The molecule has 5 nitrogen and oxygen atoms in total. The van der Waals surface area contributed by atoms with Crippen LogP contribution in [0.3, 0.4) is 0 Å². The Bertz CT molecular complexity index is 565. The molecule has 0 spiro atoms. The molecule has 2 rings (SSSR count). The van der Waals surface area contributed by atoms with Crippen LogP contribution < -0.4 is 4.90 Å². The molecule has 1 aromatic heterocycles. The lowest BCUT2D eigenvalue weighted by Crippen LogP contribution is -2.48. The predicted molar refractivity (Wildman–Crippen MR) is 113 cm³/mol. The lowest BCUT2D eigenvalue weighted by Gasteiger charge is -2.37. The third-order valence-electron chi connectivity index (χ3n) is 4.96. The van der Waals surface area contributed by atoms with Gasteiger partial charge in [-0.25, -0.2) is 4.98 Å². The van der Waals surface area contributed by atoms with E-state index in [-0.39, 0.29) is 11.0 Å². The Morgan fingerprint density at radius 3 is 2.07 bits per heavy atom. The zero-order chi connectivity index (χ0) is 20.2. The first kappa shape index (κ1) is 22.1. The first-order valence-electron chi connectivity index (χ1n) is 10.4. The molecule has 1 aliphatic heterocycles. The molecule has 1 saturated heterocycles. The summed E-state index contributed by atoms with van der Waals surface area (Å²) in [5.74, 6) is 1.64. The lowest BCUT2D eigenvalue weighted by molar-refractivity contribution is -0.0605. The molecule has 1 aliphatic rings. The van der Waals surface area contributed by atoms with Gasteiger partial charge in [0, 0.05) is 38.1 Å². The van der Waals surface area contributed by atoms with Crippen molar-refractivity contribution in [1.82, 2.24) is 14.9 Å². The highest BCUT2D eigenvalue weighted by atomic mass is 16.5. The van der Waals surface area contributed by atoms with E-state index >= 15 is 0 Å². The van der Waals surface area contributed by atoms with Crippen molar-refractivity contribution in [2.24, 2.45) is 5.92 Å². The number of hydrogen-bond donors (Lipinski definition) is 0. The van der Waals surface area contributed by atoms with Gasteiger partial charge in [0.1, 0.15) is 5.82 Å². The summed E-state index contributed by atoms with van der Waals surface area (Å²) in [5, 5.41) is 0. The van der Waals surface area contributed by atoms with Crippen molar-refractivity contribution in [3.05, 3.63) is 18.1 Å². The molecule has 0 radical (unpaired) electrons. The number of anilines is 1. The molecule has 0 N–H and O–H groups in total. The number of aromatic nitrogens is 2. The molecule has 27 heavy (non-hydrogen) atoms. The number of nitrogens with zero attached hydrogens (tertiary/aromatic N) is 4. The van der Waals surface area contributed by atoms with Crippen LogP contribution in [0.25, 0.3) is 0 Å². The second-order valence-electron chi connectivity index (χ2n) is 10.2. The van der Waals surface area contributed by atoms with Crippen molar-refractivity contribution in [2.75, 3.05) is 37.6 Å². The minimum absolute atomic E-state index is 0.0498. The summed E-state index contributed by atoms with van der Waals surface area (Å²) in [4.78, 5) is 14.2. The van der Waals surface area contributed by atoms with E-state index < -0.39 is 0 Å². The molecular formula is C22H40N4O. The van der Waals surface area contributed by atoms with Crippen LogP contribution >= 0.6 is 0 Å². The third kappa shape index (κ3) is 7.38. The molecule has 0 aromatic carbocycles. The van der Waals surface area contributed by atoms with Crippen molar-refractivity contribution in [3.63, 3.8) is 0 Å². The van der Waals surface area contributed by atoms with E-state index in [9.17, 15) is 0 Å². The smallest absolute Gasteiger partial charge is 0.147 e. The van der Waals surface area contributed by atoms with E-state index in [1.165, 1.54) is 0 Å². The normalized spacial score (nSPS) is 19.2. The number of piperazine rings is 1. The van der Waals surface area contributed by atoms with Crippen molar-refractivity contribution in [3.8, 4) is 0 Å². The lowest BCUT2D eigenvalue weighted by atomic mass is 9.93. The van der Waals surface area contributed by atoms with Crippen LogP contribution in [0.5, 0.6) is 0 Å². The Balaban J connectivity index is 1.78. The second-order valence-corrected chi connectivity index (χ2v) is 10.2. The van der Waals surface area contributed by atoms with Crippen LogP contribution in [0.2, 0.25) is 0 Å². The molecule has 2 heterocycles. The van der Waals surface area contributed by atoms with Gasteiger partial charge in [0.15, 0.2) is 0 Å². The Labute approximate surface area is 166 Å². The Hall–Kier alpha value is -1.20. The van der Waals surface area contributed by atoms with E-state index in [1.807, 2.05) is 12.4 Å². The maximum absolute atomic E-state index is 6.06. The summed E-state index contributed by atoms with van der Waals surface area (Å²) >= 11 is 0. The van der Waals surface area contributed by atoms with Gasteiger partial charge >= 0.3 is 0 Å². The Morgan fingerprint density at radius 1 is 0.963 bits per heavy atom. The van der Waals surface area contributed by atoms with E-state index in [0.717, 1.165) is 50.7 Å². The Kier molecular flexibility index (Phi) is 7.26. The van der Waals surface area contributed by atoms with Gasteiger partial charge in [-0.05, 0) is 40.0 Å². The fourth-order valence-corrected chi connectivity index (χ4v) is 3.76. The van der Waals surface area contributed by atoms with E-state index in [4.69, 9.17) is 4.74 Å². The minimum Gasteiger partial charge on any atom is -0.373 e. The van der Waals surface area contributed by atoms with Gasteiger partial charge < -0.3 is 9.64 Å². The minimum atomic E-state index is -0.0612. The van der Waals surface area contributed by atoms with E-state index in [2.05, 4.69) is 75.2 Å². The Morgan fingerprint density at radius 2 is 1.59 bits per heavy atom. The van der Waals surface area contributed by atoms with Crippen LogP contribution in [0.15, 0.2) is 12.4 Å². The van der Waals surface area contributed by atoms with Gasteiger partial charge in [0.2, 0.25) is 0 Å². The van der Waals surface area contributed by atoms with Crippen LogP contribution in [-0.4, -0.2) is 59.3 Å².